The van der Waals surface area contributed by atoms with Gasteiger partial charge in [0, 0.05) is 38.5 Å². The SMILES string of the molecule is N#Cc1ccc(C2(F)CCN(c3cc(NC[C@H](O)c4ccccc4)ncn3)CC2)cc1. The predicted octanol–water partition coefficient (Wildman–Crippen LogP) is 3.96. The molecule has 1 aliphatic rings. The second kappa shape index (κ2) is 9.11. The van der Waals surface area contributed by atoms with Crippen LogP contribution in [0.2, 0.25) is 0 Å². The molecule has 6 nitrogen and oxygen atoms in total. The van der Waals surface area contributed by atoms with Crippen molar-refractivity contribution >= 4 is 11.6 Å². The molecule has 7 heteroatoms. The Balaban J connectivity index is 1.37. The highest BCUT2D eigenvalue weighted by atomic mass is 19.1. The molecule has 2 heterocycles. The van der Waals surface area contributed by atoms with Gasteiger partial charge >= 0.3 is 0 Å². The third kappa shape index (κ3) is 4.81. The van der Waals surface area contributed by atoms with Crippen molar-refractivity contribution in [2.45, 2.75) is 24.6 Å². The molecule has 2 N–H and O–H groups in total. The van der Waals surface area contributed by atoms with Crippen LogP contribution in [0.1, 0.15) is 35.6 Å². The van der Waals surface area contributed by atoms with Crippen LogP contribution in [0.15, 0.2) is 67.0 Å². The molecule has 3 aromatic rings. The molecule has 0 aliphatic carbocycles. The molecule has 1 aromatic heterocycles. The van der Waals surface area contributed by atoms with E-state index in [-0.39, 0.29) is 0 Å². The Bertz CT molecular complexity index is 1040. The Kier molecular flexibility index (Phi) is 6.10. The number of aliphatic hydroxyl groups is 1. The van der Waals surface area contributed by atoms with Crippen LogP contribution in [-0.2, 0) is 5.67 Å². The molecule has 4 rings (SSSR count). The van der Waals surface area contributed by atoms with E-state index in [4.69, 9.17) is 5.26 Å². The Labute approximate surface area is 181 Å². The summed E-state index contributed by atoms with van der Waals surface area (Å²) in [6.07, 6.45) is 1.52. The van der Waals surface area contributed by atoms with Crippen molar-refractivity contribution in [1.82, 2.24) is 9.97 Å². The highest BCUT2D eigenvalue weighted by molar-refractivity contribution is 5.49. The van der Waals surface area contributed by atoms with Crippen LogP contribution < -0.4 is 10.2 Å². The topological polar surface area (TPSA) is 85.1 Å². The second-order valence-corrected chi connectivity index (χ2v) is 7.71. The summed E-state index contributed by atoms with van der Waals surface area (Å²) in [6.45, 7) is 1.38. The van der Waals surface area contributed by atoms with Crippen LogP contribution in [0.5, 0.6) is 0 Å². The fraction of sp³-hybridized carbons (Fsp3) is 0.292. The Morgan fingerprint density at radius 3 is 2.48 bits per heavy atom. The summed E-state index contributed by atoms with van der Waals surface area (Å²) >= 11 is 0. The lowest BCUT2D eigenvalue weighted by Crippen LogP contribution is -2.40. The average Bonchev–Trinajstić information content (AvgIpc) is 2.84. The molecular weight excluding hydrogens is 393 g/mol. The first kappa shape index (κ1) is 20.8. The average molecular weight is 417 g/mol. The van der Waals surface area contributed by atoms with Gasteiger partial charge in [-0.1, -0.05) is 42.5 Å². The number of rotatable bonds is 6. The van der Waals surface area contributed by atoms with E-state index in [1.165, 1.54) is 6.33 Å². The standard InChI is InChI=1S/C24H24FN5O/c25-24(20-8-6-18(15-26)7-9-20)10-12-30(13-11-24)23-14-22(28-17-29-23)27-16-21(31)19-4-2-1-3-5-19/h1-9,14,17,21,31H,10-13,16H2,(H,27,28,29)/t21-/m0/s1. The van der Waals surface area contributed by atoms with Crippen LogP contribution in [0.3, 0.4) is 0 Å². The molecule has 0 saturated carbocycles. The molecule has 2 aromatic carbocycles. The number of benzene rings is 2. The van der Waals surface area contributed by atoms with Crippen molar-refractivity contribution in [3.05, 3.63) is 83.7 Å². The minimum absolute atomic E-state index is 0.326. The molecule has 0 amide bonds. The van der Waals surface area contributed by atoms with Gasteiger partial charge in [0.25, 0.3) is 0 Å². The van der Waals surface area contributed by atoms with Crippen molar-refractivity contribution in [1.29, 1.82) is 5.26 Å². The van der Waals surface area contributed by atoms with Gasteiger partial charge in [-0.3, -0.25) is 0 Å². The van der Waals surface area contributed by atoms with Gasteiger partial charge in [-0.05, 0) is 23.3 Å². The number of aliphatic hydroxyl groups excluding tert-OH is 1. The van der Waals surface area contributed by atoms with E-state index in [2.05, 4.69) is 21.4 Å². The van der Waals surface area contributed by atoms with Crippen molar-refractivity contribution in [3.8, 4) is 6.07 Å². The van der Waals surface area contributed by atoms with Crippen LogP contribution in [0.4, 0.5) is 16.0 Å². The zero-order valence-corrected chi connectivity index (χ0v) is 17.1. The lowest BCUT2D eigenvalue weighted by atomic mass is 9.86. The van der Waals surface area contributed by atoms with E-state index in [1.807, 2.05) is 41.3 Å². The number of aromatic nitrogens is 2. The third-order valence-electron chi connectivity index (χ3n) is 5.72. The van der Waals surface area contributed by atoms with Crippen molar-refractivity contribution < 1.29 is 9.50 Å². The number of hydrogen-bond acceptors (Lipinski definition) is 6. The van der Waals surface area contributed by atoms with Crippen molar-refractivity contribution in [3.63, 3.8) is 0 Å². The Hall–Kier alpha value is -3.50. The number of nitriles is 1. The molecule has 0 bridgehead atoms. The summed E-state index contributed by atoms with van der Waals surface area (Å²) in [5.41, 5.74) is 0.579. The van der Waals surface area contributed by atoms with Gasteiger partial charge in [0.1, 0.15) is 23.6 Å². The summed E-state index contributed by atoms with van der Waals surface area (Å²) in [5, 5.41) is 22.4. The molecule has 1 aliphatic heterocycles. The van der Waals surface area contributed by atoms with Gasteiger partial charge in [-0.2, -0.15) is 5.26 Å². The fourth-order valence-electron chi connectivity index (χ4n) is 3.83. The fourth-order valence-corrected chi connectivity index (χ4v) is 3.83. The summed E-state index contributed by atoms with van der Waals surface area (Å²) in [7, 11) is 0. The normalized spacial score (nSPS) is 16.4. The number of halogens is 1. The minimum Gasteiger partial charge on any atom is -0.387 e. The Morgan fingerprint density at radius 1 is 1.10 bits per heavy atom. The van der Waals surface area contributed by atoms with Gasteiger partial charge in [0.2, 0.25) is 0 Å². The van der Waals surface area contributed by atoms with E-state index in [0.717, 1.165) is 11.4 Å². The number of hydrogen-bond donors (Lipinski definition) is 2. The van der Waals surface area contributed by atoms with E-state index >= 15 is 4.39 Å². The first-order valence-corrected chi connectivity index (χ1v) is 10.3. The van der Waals surface area contributed by atoms with Crippen LogP contribution >= 0.6 is 0 Å². The van der Waals surface area contributed by atoms with E-state index in [9.17, 15) is 5.11 Å². The summed E-state index contributed by atoms with van der Waals surface area (Å²) in [6, 6.07) is 20.1. The van der Waals surface area contributed by atoms with E-state index < -0.39 is 11.8 Å². The van der Waals surface area contributed by atoms with E-state index in [0.29, 0.717) is 49.4 Å². The molecular formula is C24H24FN5O. The highest BCUT2D eigenvalue weighted by Crippen LogP contribution is 2.38. The zero-order chi connectivity index (χ0) is 21.7. The highest BCUT2D eigenvalue weighted by Gasteiger charge is 2.36. The van der Waals surface area contributed by atoms with Gasteiger partial charge in [0.05, 0.1) is 17.7 Å². The summed E-state index contributed by atoms with van der Waals surface area (Å²) in [5.74, 6) is 1.35. The molecule has 1 fully saturated rings. The van der Waals surface area contributed by atoms with Crippen LogP contribution in [-0.4, -0.2) is 34.7 Å². The van der Waals surface area contributed by atoms with Crippen LogP contribution in [0.25, 0.3) is 0 Å². The minimum atomic E-state index is -1.40. The van der Waals surface area contributed by atoms with Crippen molar-refractivity contribution in [2.75, 3.05) is 29.9 Å². The predicted molar refractivity (Wildman–Crippen MR) is 117 cm³/mol. The molecule has 0 unspecified atom stereocenters. The lowest BCUT2D eigenvalue weighted by Gasteiger charge is -2.37. The quantitative estimate of drug-likeness (QED) is 0.632. The van der Waals surface area contributed by atoms with Crippen molar-refractivity contribution in [2.24, 2.45) is 0 Å². The maximum atomic E-state index is 15.5. The number of nitrogens with zero attached hydrogens (tertiary/aromatic N) is 4. The first-order valence-electron chi connectivity index (χ1n) is 10.3. The smallest absolute Gasteiger partial charge is 0.139 e. The van der Waals surface area contributed by atoms with Crippen LogP contribution in [0, 0.1) is 11.3 Å². The molecule has 31 heavy (non-hydrogen) atoms. The zero-order valence-electron chi connectivity index (χ0n) is 17.1. The second-order valence-electron chi connectivity index (χ2n) is 7.71. The van der Waals surface area contributed by atoms with Gasteiger partial charge in [-0.15, -0.1) is 0 Å². The first-order chi connectivity index (χ1) is 15.1. The maximum absolute atomic E-state index is 15.5. The Morgan fingerprint density at radius 2 is 1.81 bits per heavy atom. The molecule has 1 atom stereocenters. The molecule has 0 spiro atoms. The monoisotopic (exact) mass is 417 g/mol. The number of nitrogens with one attached hydrogen (secondary N) is 1. The number of anilines is 2. The molecule has 158 valence electrons. The summed E-state index contributed by atoms with van der Waals surface area (Å²) < 4.78 is 15.5. The van der Waals surface area contributed by atoms with E-state index in [1.54, 1.807) is 24.3 Å². The summed E-state index contributed by atoms with van der Waals surface area (Å²) in [4.78, 5) is 10.6. The largest absolute Gasteiger partial charge is 0.387 e. The number of piperidine rings is 1. The molecule has 1 saturated heterocycles. The van der Waals surface area contributed by atoms with Gasteiger partial charge in [-0.25, -0.2) is 14.4 Å². The lowest BCUT2D eigenvalue weighted by molar-refractivity contribution is 0.124. The molecule has 0 radical (unpaired) electrons. The van der Waals surface area contributed by atoms with Gasteiger partial charge < -0.3 is 15.3 Å². The van der Waals surface area contributed by atoms with Gasteiger partial charge in [0.15, 0.2) is 0 Å². The third-order valence-corrected chi connectivity index (χ3v) is 5.72. The maximum Gasteiger partial charge on any atom is 0.139 e. The number of alkyl halides is 1.